The number of aromatic nitrogens is 1. The summed E-state index contributed by atoms with van der Waals surface area (Å²) in [6, 6.07) is 1.70. The van der Waals surface area contributed by atoms with Gasteiger partial charge in [-0.1, -0.05) is 25.9 Å². The van der Waals surface area contributed by atoms with Gasteiger partial charge in [0.1, 0.15) is 11.6 Å². The van der Waals surface area contributed by atoms with Crippen molar-refractivity contribution in [2.75, 3.05) is 11.2 Å². The van der Waals surface area contributed by atoms with E-state index in [0.717, 1.165) is 5.76 Å². The van der Waals surface area contributed by atoms with Crippen molar-refractivity contribution in [3.8, 4) is 0 Å². The molecule has 0 saturated heterocycles. The highest BCUT2D eigenvalue weighted by molar-refractivity contribution is 6.28. The first-order chi connectivity index (χ1) is 6.43. The number of alkyl halides is 1. The van der Waals surface area contributed by atoms with E-state index in [1.165, 1.54) is 0 Å². The predicted molar refractivity (Wildman–Crippen MR) is 54.6 cm³/mol. The third-order valence-electron chi connectivity index (χ3n) is 1.64. The molecule has 0 saturated carbocycles. The molecule has 0 unspecified atom stereocenters. The number of rotatable bonds is 2. The number of anilines is 1. The monoisotopic (exact) mass is 216 g/mol. The molecule has 5 heteroatoms. The third kappa shape index (κ3) is 2.73. The summed E-state index contributed by atoms with van der Waals surface area (Å²) in [6.07, 6.45) is 0. The van der Waals surface area contributed by atoms with Crippen LogP contribution >= 0.6 is 11.6 Å². The number of halogens is 1. The maximum absolute atomic E-state index is 10.9. The van der Waals surface area contributed by atoms with Crippen LogP contribution < -0.4 is 5.32 Å². The first-order valence-electron chi connectivity index (χ1n) is 4.26. The zero-order valence-corrected chi connectivity index (χ0v) is 9.18. The Morgan fingerprint density at radius 1 is 1.64 bits per heavy atom. The van der Waals surface area contributed by atoms with Crippen LogP contribution in [0.2, 0.25) is 0 Å². The molecule has 0 aliphatic carbocycles. The second kappa shape index (κ2) is 4.00. The Hall–Kier alpha value is -1.03. The molecule has 0 bridgehead atoms. The third-order valence-corrected chi connectivity index (χ3v) is 1.88. The van der Waals surface area contributed by atoms with Crippen molar-refractivity contribution < 1.29 is 9.32 Å². The first-order valence-corrected chi connectivity index (χ1v) is 4.80. The van der Waals surface area contributed by atoms with Gasteiger partial charge in [-0.3, -0.25) is 4.79 Å². The molecular weight excluding hydrogens is 204 g/mol. The zero-order valence-electron chi connectivity index (χ0n) is 8.43. The smallest absolute Gasteiger partial charge is 0.240 e. The summed E-state index contributed by atoms with van der Waals surface area (Å²) < 4.78 is 5.07. The van der Waals surface area contributed by atoms with Gasteiger partial charge < -0.3 is 9.84 Å². The molecule has 0 aromatic carbocycles. The van der Waals surface area contributed by atoms with Crippen molar-refractivity contribution in [3.05, 3.63) is 11.8 Å². The molecule has 1 N–H and O–H groups in total. The van der Waals surface area contributed by atoms with Gasteiger partial charge in [0.2, 0.25) is 5.91 Å². The molecule has 1 aromatic rings. The summed E-state index contributed by atoms with van der Waals surface area (Å²) in [6.45, 7) is 6.00. The molecule has 0 aliphatic heterocycles. The van der Waals surface area contributed by atoms with E-state index in [1.807, 2.05) is 20.8 Å². The lowest BCUT2D eigenvalue weighted by Crippen LogP contribution is -2.13. The van der Waals surface area contributed by atoms with E-state index in [1.54, 1.807) is 6.07 Å². The van der Waals surface area contributed by atoms with Crippen LogP contribution in [-0.2, 0) is 10.2 Å². The molecule has 0 fully saturated rings. The van der Waals surface area contributed by atoms with Gasteiger partial charge in [0.25, 0.3) is 0 Å². The van der Waals surface area contributed by atoms with E-state index in [4.69, 9.17) is 16.1 Å². The Bertz CT molecular complexity index is 328. The number of amides is 1. The largest absolute Gasteiger partial charge is 0.359 e. The highest BCUT2D eigenvalue weighted by Crippen LogP contribution is 2.24. The minimum atomic E-state index is -0.291. The topological polar surface area (TPSA) is 55.1 Å². The Labute approximate surface area is 87.6 Å². The van der Waals surface area contributed by atoms with Gasteiger partial charge in [-0.25, -0.2) is 0 Å². The maximum Gasteiger partial charge on any atom is 0.240 e. The Morgan fingerprint density at radius 3 is 2.71 bits per heavy atom. The number of carbonyl (C=O) groups is 1. The summed E-state index contributed by atoms with van der Waals surface area (Å²) in [5, 5.41) is 6.21. The van der Waals surface area contributed by atoms with Crippen molar-refractivity contribution in [1.29, 1.82) is 0 Å². The van der Waals surface area contributed by atoms with Crippen LogP contribution in [0.25, 0.3) is 0 Å². The molecule has 14 heavy (non-hydrogen) atoms. The van der Waals surface area contributed by atoms with Crippen molar-refractivity contribution in [2.24, 2.45) is 0 Å². The molecule has 0 atom stereocenters. The summed E-state index contributed by atoms with van der Waals surface area (Å²) >= 11 is 5.33. The fraction of sp³-hybridized carbons (Fsp3) is 0.556. The van der Waals surface area contributed by atoms with E-state index >= 15 is 0 Å². The Morgan fingerprint density at radius 2 is 2.29 bits per heavy atom. The lowest BCUT2D eigenvalue weighted by Gasteiger charge is -2.11. The van der Waals surface area contributed by atoms with E-state index < -0.39 is 0 Å². The molecule has 0 radical (unpaired) electrons. The molecule has 0 spiro atoms. The standard InChI is InChI=1S/C9H13ClN2O2/c1-9(2,3)6-4-7(12-14-6)11-8(13)5-10/h4H,5H2,1-3H3,(H,11,12,13). The lowest BCUT2D eigenvalue weighted by molar-refractivity contribution is -0.114. The van der Waals surface area contributed by atoms with Crippen LogP contribution in [0.1, 0.15) is 26.5 Å². The van der Waals surface area contributed by atoms with Crippen LogP contribution in [0.4, 0.5) is 5.82 Å². The molecular formula is C9H13ClN2O2. The van der Waals surface area contributed by atoms with Crippen LogP contribution in [0, 0.1) is 0 Å². The molecule has 78 valence electrons. The number of nitrogens with one attached hydrogen (secondary N) is 1. The van der Waals surface area contributed by atoms with Gasteiger partial charge in [-0.05, 0) is 0 Å². The average molecular weight is 217 g/mol. The Kier molecular flexibility index (Phi) is 3.16. The molecule has 1 aromatic heterocycles. The van der Waals surface area contributed by atoms with E-state index in [0.29, 0.717) is 5.82 Å². The van der Waals surface area contributed by atoms with Crippen molar-refractivity contribution in [1.82, 2.24) is 5.16 Å². The van der Waals surface area contributed by atoms with Crippen molar-refractivity contribution in [2.45, 2.75) is 26.2 Å². The number of nitrogens with zero attached hydrogens (tertiary/aromatic N) is 1. The van der Waals surface area contributed by atoms with Crippen LogP contribution in [-0.4, -0.2) is 16.9 Å². The first kappa shape index (κ1) is 11.0. The minimum Gasteiger partial charge on any atom is -0.359 e. The molecule has 0 aliphatic rings. The fourth-order valence-electron chi connectivity index (χ4n) is 0.864. The predicted octanol–water partition coefficient (Wildman–Crippen LogP) is 2.15. The summed E-state index contributed by atoms with van der Waals surface area (Å²) in [5.41, 5.74) is -0.114. The second-order valence-corrected chi connectivity index (χ2v) is 4.28. The van der Waals surface area contributed by atoms with Gasteiger partial charge in [-0.15, -0.1) is 11.6 Å². The van der Waals surface area contributed by atoms with Gasteiger partial charge >= 0.3 is 0 Å². The Balaban J connectivity index is 2.74. The fourth-order valence-corrected chi connectivity index (χ4v) is 0.931. The number of hydrogen-bond acceptors (Lipinski definition) is 3. The molecule has 1 amide bonds. The van der Waals surface area contributed by atoms with Crippen molar-refractivity contribution >= 4 is 23.3 Å². The lowest BCUT2D eigenvalue weighted by atomic mass is 9.93. The average Bonchev–Trinajstić information content (AvgIpc) is 2.51. The second-order valence-electron chi connectivity index (χ2n) is 4.01. The van der Waals surface area contributed by atoms with Crippen LogP contribution in [0.5, 0.6) is 0 Å². The van der Waals surface area contributed by atoms with Gasteiger partial charge in [0.05, 0.1) is 0 Å². The summed E-state index contributed by atoms with van der Waals surface area (Å²) in [4.78, 5) is 10.9. The SMILES string of the molecule is CC(C)(C)c1cc(NC(=O)CCl)no1. The highest BCUT2D eigenvalue weighted by atomic mass is 35.5. The van der Waals surface area contributed by atoms with E-state index in [9.17, 15) is 4.79 Å². The molecule has 4 nitrogen and oxygen atoms in total. The zero-order chi connectivity index (χ0) is 10.8. The van der Waals surface area contributed by atoms with E-state index in [2.05, 4.69) is 10.5 Å². The van der Waals surface area contributed by atoms with E-state index in [-0.39, 0.29) is 17.2 Å². The minimum absolute atomic E-state index is 0.0856. The van der Waals surface area contributed by atoms with Gasteiger partial charge in [0, 0.05) is 11.5 Å². The van der Waals surface area contributed by atoms with Gasteiger partial charge in [0.15, 0.2) is 5.82 Å². The number of hydrogen-bond donors (Lipinski definition) is 1. The highest BCUT2D eigenvalue weighted by Gasteiger charge is 2.20. The van der Waals surface area contributed by atoms with Crippen LogP contribution in [0.15, 0.2) is 10.6 Å². The quantitative estimate of drug-likeness (QED) is 0.771. The van der Waals surface area contributed by atoms with Crippen LogP contribution in [0.3, 0.4) is 0 Å². The normalized spacial score (nSPS) is 11.4. The molecule has 1 rings (SSSR count). The molecule has 1 heterocycles. The van der Waals surface area contributed by atoms with Gasteiger partial charge in [-0.2, -0.15) is 0 Å². The maximum atomic E-state index is 10.9. The summed E-state index contributed by atoms with van der Waals surface area (Å²) in [7, 11) is 0. The summed E-state index contributed by atoms with van der Waals surface area (Å²) in [5.74, 6) is 0.751. The number of carbonyl (C=O) groups excluding carboxylic acids is 1. The van der Waals surface area contributed by atoms with Crippen molar-refractivity contribution in [3.63, 3.8) is 0 Å².